The van der Waals surface area contributed by atoms with Gasteiger partial charge in [-0.15, -0.1) is 0 Å². The summed E-state index contributed by atoms with van der Waals surface area (Å²) < 4.78 is 39.7. The van der Waals surface area contributed by atoms with Crippen molar-refractivity contribution >= 4 is 15.9 Å². The van der Waals surface area contributed by atoms with Crippen LogP contribution in [-0.2, 0) is 21.4 Å². The maximum Gasteiger partial charge on any atom is 0.243 e. The van der Waals surface area contributed by atoms with Crippen LogP contribution in [0.2, 0.25) is 0 Å². The van der Waals surface area contributed by atoms with Crippen LogP contribution in [0.5, 0.6) is 0 Å². The van der Waals surface area contributed by atoms with E-state index >= 15 is 0 Å². The van der Waals surface area contributed by atoms with Crippen LogP contribution in [-0.4, -0.2) is 48.7 Å². The first-order chi connectivity index (χ1) is 12.9. The first-order valence-electron chi connectivity index (χ1n) is 8.77. The standard InChI is InChI=1S/C19H22FN3O3S/c1-22(14-15-6-10-21-11-7-15)19(24)16-8-12-23(13-9-16)27(25,26)18-4-2-17(20)3-5-18/h2-7,10-11,16H,8-9,12-14H2,1H3. The Bertz CT molecular complexity index is 880. The Morgan fingerprint density at radius 1 is 1.15 bits per heavy atom. The Morgan fingerprint density at radius 2 is 1.74 bits per heavy atom. The minimum Gasteiger partial charge on any atom is -0.341 e. The average Bonchev–Trinajstić information content (AvgIpc) is 2.68. The van der Waals surface area contributed by atoms with E-state index in [1.165, 1.54) is 16.4 Å². The molecule has 1 amide bonds. The van der Waals surface area contributed by atoms with Gasteiger partial charge in [-0.3, -0.25) is 9.78 Å². The van der Waals surface area contributed by atoms with E-state index in [0.717, 1.165) is 17.7 Å². The number of benzene rings is 1. The van der Waals surface area contributed by atoms with Gasteiger partial charge in [-0.25, -0.2) is 12.8 Å². The van der Waals surface area contributed by atoms with E-state index in [1.54, 1.807) is 24.3 Å². The van der Waals surface area contributed by atoms with Crippen molar-refractivity contribution < 1.29 is 17.6 Å². The molecule has 27 heavy (non-hydrogen) atoms. The molecule has 6 nitrogen and oxygen atoms in total. The Labute approximate surface area is 158 Å². The Kier molecular flexibility index (Phi) is 5.86. The summed E-state index contributed by atoms with van der Waals surface area (Å²) in [4.78, 5) is 18.4. The molecular formula is C19H22FN3O3S. The molecule has 3 rings (SSSR count). The van der Waals surface area contributed by atoms with Crippen molar-refractivity contribution in [3.8, 4) is 0 Å². The van der Waals surface area contributed by atoms with Gasteiger partial charge in [0.05, 0.1) is 4.90 Å². The molecule has 1 fully saturated rings. The van der Waals surface area contributed by atoms with E-state index < -0.39 is 15.8 Å². The van der Waals surface area contributed by atoms with Gasteiger partial charge in [-0.05, 0) is 54.8 Å². The Balaban J connectivity index is 1.59. The van der Waals surface area contributed by atoms with Gasteiger partial charge < -0.3 is 4.90 Å². The SMILES string of the molecule is CN(Cc1ccncc1)C(=O)C1CCN(S(=O)(=O)c2ccc(F)cc2)CC1. The maximum atomic E-state index is 13.0. The molecular weight excluding hydrogens is 369 g/mol. The van der Waals surface area contributed by atoms with Crippen LogP contribution in [0.4, 0.5) is 4.39 Å². The average molecular weight is 391 g/mol. The fraction of sp³-hybridized carbons (Fsp3) is 0.368. The van der Waals surface area contributed by atoms with Crippen LogP contribution < -0.4 is 0 Å². The van der Waals surface area contributed by atoms with Crippen LogP contribution >= 0.6 is 0 Å². The van der Waals surface area contributed by atoms with Gasteiger partial charge >= 0.3 is 0 Å². The third-order valence-corrected chi connectivity index (χ3v) is 6.71. The third-order valence-electron chi connectivity index (χ3n) is 4.80. The second-order valence-electron chi connectivity index (χ2n) is 6.68. The number of carbonyl (C=O) groups excluding carboxylic acids is 1. The van der Waals surface area contributed by atoms with Gasteiger partial charge in [0, 0.05) is 45.0 Å². The summed E-state index contributed by atoms with van der Waals surface area (Å²) in [6.07, 6.45) is 4.32. The van der Waals surface area contributed by atoms with E-state index in [-0.39, 0.29) is 29.8 Å². The number of amides is 1. The maximum absolute atomic E-state index is 13.0. The van der Waals surface area contributed by atoms with Crippen LogP contribution in [0.3, 0.4) is 0 Å². The van der Waals surface area contributed by atoms with Crippen molar-refractivity contribution in [2.45, 2.75) is 24.3 Å². The zero-order valence-electron chi connectivity index (χ0n) is 15.1. The number of piperidine rings is 1. The molecule has 2 heterocycles. The molecule has 1 aliphatic rings. The summed E-state index contributed by atoms with van der Waals surface area (Å²) in [5, 5.41) is 0. The highest BCUT2D eigenvalue weighted by molar-refractivity contribution is 7.89. The van der Waals surface area contributed by atoms with Crippen LogP contribution in [0.15, 0.2) is 53.7 Å². The van der Waals surface area contributed by atoms with E-state index in [4.69, 9.17) is 0 Å². The first-order valence-corrected chi connectivity index (χ1v) is 10.2. The minimum absolute atomic E-state index is 0.0191. The second-order valence-corrected chi connectivity index (χ2v) is 8.62. The minimum atomic E-state index is -3.66. The molecule has 0 aliphatic carbocycles. The van der Waals surface area contributed by atoms with Gasteiger partial charge in [-0.2, -0.15) is 4.31 Å². The molecule has 0 bridgehead atoms. The molecule has 0 radical (unpaired) electrons. The Morgan fingerprint density at radius 3 is 2.33 bits per heavy atom. The smallest absolute Gasteiger partial charge is 0.243 e. The van der Waals surface area contributed by atoms with E-state index in [1.807, 2.05) is 12.1 Å². The molecule has 2 aromatic rings. The summed E-state index contributed by atoms with van der Waals surface area (Å²) in [6.45, 7) is 1.05. The Hall–Kier alpha value is -2.32. The van der Waals surface area contributed by atoms with Crippen molar-refractivity contribution in [1.82, 2.24) is 14.2 Å². The number of hydrogen-bond donors (Lipinski definition) is 0. The quantitative estimate of drug-likeness (QED) is 0.784. The lowest BCUT2D eigenvalue weighted by molar-refractivity contribution is -0.135. The molecule has 0 spiro atoms. The monoisotopic (exact) mass is 391 g/mol. The predicted molar refractivity (Wildman–Crippen MR) is 98.6 cm³/mol. The van der Waals surface area contributed by atoms with Gasteiger partial charge in [-0.1, -0.05) is 0 Å². The van der Waals surface area contributed by atoms with E-state index in [2.05, 4.69) is 4.98 Å². The zero-order chi connectivity index (χ0) is 19.4. The van der Waals surface area contributed by atoms with Gasteiger partial charge in [0.15, 0.2) is 0 Å². The molecule has 1 saturated heterocycles. The second kappa shape index (κ2) is 8.14. The van der Waals surface area contributed by atoms with E-state index in [9.17, 15) is 17.6 Å². The first kappa shape index (κ1) is 19.4. The van der Waals surface area contributed by atoms with Gasteiger partial charge in [0.1, 0.15) is 5.82 Å². The molecule has 0 N–H and O–H groups in total. The fourth-order valence-corrected chi connectivity index (χ4v) is 4.72. The number of pyridine rings is 1. The zero-order valence-corrected chi connectivity index (χ0v) is 15.9. The lowest BCUT2D eigenvalue weighted by Gasteiger charge is -2.32. The predicted octanol–water partition coefficient (Wildman–Crippen LogP) is 2.28. The number of hydrogen-bond acceptors (Lipinski definition) is 4. The summed E-state index contributed by atoms with van der Waals surface area (Å²) in [5.74, 6) is -0.655. The topological polar surface area (TPSA) is 70.6 Å². The lowest BCUT2D eigenvalue weighted by atomic mass is 9.96. The number of carbonyl (C=O) groups is 1. The highest BCUT2D eigenvalue weighted by Crippen LogP contribution is 2.25. The summed E-state index contributed by atoms with van der Waals surface area (Å²) in [5.41, 5.74) is 0.997. The molecule has 1 aromatic heterocycles. The van der Waals surface area contributed by atoms with Gasteiger partial charge in [0.25, 0.3) is 0 Å². The largest absolute Gasteiger partial charge is 0.341 e. The molecule has 0 unspecified atom stereocenters. The number of sulfonamides is 1. The summed E-state index contributed by atoms with van der Waals surface area (Å²) in [6, 6.07) is 8.53. The number of nitrogens with zero attached hydrogens (tertiary/aromatic N) is 3. The summed E-state index contributed by atoms with van der Waals surface area (Å²) in [7, 11) is -1.91. The van der Waals surface area contributed by atoms with E-state index in [0.29, 0.717) is 19.4 Å². The molecule has 8 heteroatoms. The molecule has 1 aliphatic heterocycles. The van der Waals surface area contributed by atoms with Crippen molar-refractivity contribution in [1.29, 1.82) is 0 Å². The van der Waals surface area contributed by atoms with Crippen molar-refractivity contribution in [3.05, 3.63) is 60.2 Å². The lowest BCUT2D eigenvalue weighted by Crippen LogP contribution is -2.43. The normalized spacial score (nSPS) is 16.2. The van der Waals surface area contributed by atoms with Crippen molar-refractivity contribution in [3.63, 3.8) is 0 Å². The highest BCUT2D eigenvalue weighted by atomic mass is 32.2. The van der Waals surface area contributed by atoms with Gasteiger partial charge in [0.2, 0.25) is 15.9 Å². The molecule has 144 valence electrons. The highest BCUT2D eigenvalue weighted by Gasteiger charge is 2.33. The number of rotatable bonds is 5. The molecule has 0 saturated carbocycles. The van der Waals surface area contributed by atoms with Crippen LogP contribution in [0.25, 0.3) is 0 Å². The van der Waals surface area contributed by atoms with Crippen molar-refractivity contribution in [2.75, 3.05) is 20.1 Å². The van der Waals surface area contributed by atoms with Crippen molar-refractivity contribution in [2.24, 2.45) is 5.92 Å². The summed E-state index contributed by atoms with van der Waals surface area (Å²) >= 11 is 0. The van der Waals surface area contributed by atoms with Crippen LogP contribution in [0, 0.1) is 11.7 Å². The third kappa shape index (κ3) is 4.51. The fourth-order valence-electron chi connectivity index (χ4n) is 3.25. The number of aromatic nitrogens is 1. The molecule has 0 atom stereocenters. The molecule has 1 aromatic carbocycles. The number of halogens is 1. The van der Waals surface area contributed by atoms with Crippen LogP contribution in [0.1, 0.15) is 18.4 Å².